The minimum Gasteiger partial charge on any atom is -0.447 e. The number of hydrogen-bond acceptors (Lipinski definition) is 5. The molecule has 4 amide bonds. The standard InChI is InChI=1S/C24H24F3N5O4/c1-32(23(34)30-12-15-3-2-4-19(26)22(15)27)18(7-8-20(28)33)13-36-24(35)31-21-10-16-9-17(25)6-5-14(16)11-29-21/h2-6,9-11,18H,7-8,12-13H2,1H3,(H2,28,33)(H,30,34)(H,29,31,35)/t18-/m0/s1. The molecule has 1 heterocycles. The summed E-state index contributed by atoms with van der Waals surface area (Å²) in [6.07, 6.45) is 0.551. The van der Waals surface area contributed by atoms with Crippen molar-refractivity contribution in [2.24, 2.45) is 5.73 Å². The van der Waals surface area contributed by atoms with Gasteiger partial charge in [-0.2, -0.15) is 0 Å². The zero-order valence-corrected chi connectivity index (χ0v) is 19.3. The molecule has 0 aliphatic carbocycles. The first kappa shape index (κ1) is 26.3. The van der Waals surface area contributed by atoms with Gasteiger partial charge in [-0.25, -0.2) is 27.7 Å². The third kappa shape index (κ3) is 7.08. The molecule has 190 valence electrons. The highest BCUT2D eigenvalue weighted by atomic mass is 19.2. The Labute approximate surface area is 204 Å². The van der Waals surface area contributed by atoms with Crippen LogP contribution >= 0.6 is 0 Å². The highest BCUT2D eigenvalue weighted by molar-refractivity contribution is 5.89. The first-order chi connectivity index (χ1) is 17.1. The Kier molecular flexibility index (Phi) is 8.66. The zero-order chi connectivity index (χ0) is 26.2. The molecule has 0 aliphatic rings. The van der Waals surface area contributed by atoms with E-state index in [9.17, 15) is 27.6 Å². The van der Waals surface area contributed by atoms with Crippen LogP contribution in [-0.4, -0.2) is 47.6 Å². The quantitative estimate of drug-likeness (QED) is 0.411. The maximum atomic E-state index is 13.8. The summed E-state index contributed by atoms with van der Waals surface area (Å²) in [5, 5.41) is 6.06. The molecule has 0 unspecified atom stereocenters. The highest BCUT2D eigenvalue weighted by Crippen LogP contribution is 2.18. The van der Waals surface area contributed by atoms with Crippen molar-refractivity contribution >= 4 is 34.6 Å². The molecule has 1 aromatic heterocycles. The molecule has 0 bridgehead atoms. The lowest BCUT2D eigenvalue weighted by atomic mass is 10.1. The summed E-state index contributed by atoms with van der Waals surface area (Å²) in [6, 6.07) is 7.76. The molecule has 36 heavy (non-hydrogen) atoms. The Bertz CT molecular complexity index is 1270. The van der Waals surface area contributed by atoms with Gasteiger partial charge < -0.3 is 20.7 Å². The van der Waals surface area contributed by atoms with Crippen LogP contribution in [0, 0.1) is 17.5 Å². The van der Waals surface area contributed by atoms with Crippen molar-refractivity contribution in [3.63, 3.8) is 0 Å². The van der Waals surface area contributed by atoms with E-state index in [4.69, 9.17) is 10.5 Å². The predicted octanol–water partition coefficient (Wildman–Crippen LogP) is 3.68. The Hall–Kier alpha value is -4.35. The van der Waals surface area contributed by atoms with Crippen LogP contribution in [0.4, 0.5) is 28.6 Å². The van der Waals surface area contributed by atoms with Gasteiger partial charge in [0.2, 0.25) is 5.91 Å². The molecular formula is C24H24F3N5O4. The van der Waals surface area contributed by atoms with Crippen LogP contribution in [0.1, 0.15) is 18.4 Å². The minimum atomic E-state index is -1.07. The lowest BCUT2D eigenvalue weighted by Gasteiger charge is -2.28. The van der Waals surface area contributed by atoms with E-state index in [1.165, 1.54) is 48.5 Å². The largest absolute Gasteiger partial charge is 0.447 e. The Morgan fingerprint density at radius 3 is 2.64 bits per heavy atom. The summed E-state index contributed by atoms with van der Waals surface area (Å²) in [7, 11) is 1.39. The summed E-state index contributed by atoms with van der Waals surface area (Å²) in [5.41, 5.74) is 5.15. The maximum absolute atomic E-state index is 13.8. The first-order valence-electron chi connectivity index (χ1n) is 10.8. The molecule has 4 N–H and O–H groups in total. The molecule has 2 aromatic carbocycles. The van der Waals surface area contributed by atoms with E-state index in [2.05, 4.69) is 15.6 Å². The maximum Gasteiger partial charge on any atom is 0.412 e. The van der Waals surface area contributed by atoms with Crippen molar-refractivity contribution in [3.8, 4) is 0 Å². The number of pyridine rings is 1. The number of likely N-dealkylation sites (N-methyl/N-ethyl adjacent to an activating group) is 1. The van der Waals surface area contributed by atoms with Crippen molar-refractivity contribution < 1.29 is 32.3 Å². The van der Waals surface area contributed by atoms with Crippen molar-refractivity contribution in [2.45, 2.75) is 25.4 Å². The van der Waals surface area contributed by atoms with E-state index in [0.717, 1.165) is 6.07 Å². The molecule has 0 saturated heterocycles. The number of nitrogens with two attached hydrogens (primary N) is 1. The number of halogens is 3. The van der Waals surface area contributed by atoms with E-state index < -0.39 is 41.5 Å². The molecule has 0 spiro atoms. The van der Waals surface area contributed by atoms with E-state index in [-0.39, 0.29) is 37.4 Å². The molecular weight excluding hydrogens is 479 g/mol. The molecule has 0 fully saturated rings. The number of amides is 4. The first-order valence-corrected chi connectivity index (χ1v) is 10.8. The second-order valence-electron chi connectivity index (χ2n) is 7.93. The number of rotatable bonds is 9. The van der Waals surface area contributed by atoms with Crippen LogP contribution in [0.25, 0.3) is 10.8 Å². The van der Waals surface area contributed by atoms with Gasteiger partial charge in [-0.3, -0.25) is 10.1 Å². The van der Waals surface area contributed by atoms with Crippen LogP contribution in [0.15, 0.2) is 48.7 Å². The van der Waals surface area contributed by atoms with Crippen molar-refractivity contribution in [1.29, 1.82) is 0 Å². The normalized spacial score (nSPS) is 11.6. The molecule has 9 nitrogen and oxygen atoms in total. The van der Waals surface area contributed by atoms with Gasteiger partial charge in [0.05, 0.1) is 6.04 Å². The van der Waals surface area contributed by atoms with Crippen molar-refractivity contribution in [2.75, 3.05) is 19.0 Å². The summed E-state index contributed by atoms with van der Waals surface area (Å²) in [5.74, 6) is -3.06. The molecule has 0 saturated carbocycles. The number of aromatic nitrogens is 1. The Balaban J connectivity index is 1.60. The van der Waals surface area contributed by atoms with Gasteiger partial charge in [0.25, 0.3) is 0 Å². The topological polar surface area (TPSA) is 127 Å². The summed E-state index contributed by atoms with van der Waals surface area (Å²) < 4.78 is 45.9. The van der Waals surface area contributed by atoms with Crippen LogP contribution in [0.3, 0.4) is 0 Å². The molecule has 1 atom stereocenters. The van der Waals surface area contributed by atoms with Gasteiger partial charge in [-0.05, 0) is 42.1 Å². The lowest BCUT2D eigenvalue weighted by Crippen LogP contribution is -2.46. The fourth-order valence-corrected chi connectivity index (χ4v) is 3.34. The van der Waals surface area contributed by atoms with Gasteiger partial charge in [0.1, 0.15) is 18.2 Å². The number of fused-ring (bicyclic) bond motifs is 1. The minimum absolute atomic E-state index is 0.0520. The number of anilines is 1. The Morgan fingerprint density at radius 2 is 1.89 bits per heavy atom. The zero-order valence-electron chi connectivity index (χ0n) is 19.3. The number of urea groups is 1. The molecule has 0 aliphatic heterocycles. The van der Waals surface area contributed by atoms with Crippen molar-refractivity contribution in [1.82, 2.24) is 15.2 Å². The molecule has 3 aromatic rings. The van der Waals surface area contributed by atoms with Gasteiger partial charge in [0, 0.05) is 37.2 Å². The van der Waals surface area contributed by atoms with Crippen LogP contribution in [-0.2, 0) is 16.1 Å². The number of nitrogens with one attached hydrogen (secondary N) is 2. The second kappa shape index (κ2) is 11.9. The number of primary amides is 1. The number of benzene rings is 2. The SMILES string of the molecule is CN(C(=O)NCc1cccc(F)c1F)[C@@H](CCC(N)=O)COC(=O)Nc1cc2cc(F)ccc2cn1. The molecule has 12 heteroatoms. The highest BCUT2D eigenvalue weighted by Gasteiger charge is 2.23. The second-order valence-corrected chi connectivity index (χ2v) is 7.93. The number of ether oxygens (including phenoxy) is 1. The Morgan fingerprint density at radius 1 is 1.11 bits per heavy atom. The summed E-state index contributed by atoms with van der Waals surface area (Å²) in [6.45, 7) is -0.593. The number of carbonyl (C=O) groups is 3. The van der Waals surface area contributed by atoms with E-state index >= 15 is 0 Å². The molecule has 3 rings (SSSR count). The third-order valence-electron chi connectivity index (χ3n) is 5.37. The average Bonchev–Trinajstić information content (AvgIpc) is 2.84. The fraction of sp³-hybridized carbons (Fsp3) is 0.250. The van der Waals surface area contributed by atoms with Gasteiger partial charge >= 0.3 is 12.1 Å². The van der Waals surface area contributed by atoms with Gasteiger partial charge in [-0.1, -0.05) is 12.1 Å². The van der Waals surface area contributed by atoms with Crippen LogP contribution in [0.5, 0.6) is 0 Å². The fourth-order valence-electron chi connectivity index (χ4n) is 3.34. The average molecular weight is 503 g/mol. The lowest BCUT2D eigenvalue weighted by molar-refractivity contribution is -0.118. The van der Waals surface area contributed by atoms with Crippen molar-refractivity contribution in [3.05, 3.63) is 71.7 Å². The smallest absolute Gasteiger partial charge is 0.412 e. The number of nitrogens with zero attached hydrogens (tertiary/aromatic N) is 2. The summed E-state index contributed by atoms with van der Waals surface area (Å²) >= 11 is 0. The van der Waals surface area contributed by atoms with E-state index in [1.54, 1.807) is 6.07 Å². The third-order valence-corrected chi connectivity index (χ3v) is 5.37. The van der Waals surface area contributed by atoms with Gasteiger partial charge in [-0.15, -0.1) is 0 Å². The van der Waals surface area contributed by atoms with Gasteiger partial charge in [0.15, 0.2) is 11.6 Å². The number of hydrogen-bond donors (Lipinski definition) is 3. The van der Waals surface area contributed by atoms with E-state index in [1.807, 2.05) is 0 Å². The summed E-state index contributed by atoms with van der Waals surface area (Å²) in [4.78, 5) is 41.4. The van der Waals surface area contributed by atoms with Crippen LogP contribution < -0.4 is 16.4 Å². The number of carbonyl (C=O) groups excluding carboxylic acids is 3. The van der Waals surface area contributed by atoms with E-state index in [0.29, 0.717) is 10.8 Å². The monoisotopic (exact) mass is 503 g/mol. The predicted molar refractivity (Wildman–Crippen MR) is 125 cm³/mol. The van der Waals surface area contributed by atoms with Crippen LogP contribution in [0.2, 0.25) is 0 Å². The molecule has 0 radical (unpaired) electrons.